The third-order valence-corrected chi connectivity index (χ3v) is 7.60. The molecule has 4 heterocycles. The number of alkyl halides is 3. The summed E-state index contributed by atoms with van der Waals surface area (Å²) in [6.07, 6.45) is -1.54. The molecule has 2 bridgehead atoms. The molecule has 6 rings (SSSR count). The minimum Gasteiger partial charge on any atom is -0.303 e. The number of fused-ring (bicyclic) bond motifs is 4. The maximum atomic E-state index is 14.5. The van der Waals surface area contributed by atoms with Crippen LogP contribution < -0.4 is 0 Å². The third-order valence-electron chi connectivity index (χ3n) is 7.60. The van der Waals surface area contributed by atoms with Crippen molar-refractivity contribution in [3.05, 3.63) is 71.0 Å². The Hall–Kier alpha value is -1.92. The van der Waals surface area contributed by atoms with Crippen LogP contribution in [0, 0.1) is 17.7 Å². The average Bonchev–Trinajstić information content (AvgIpc) is 2.77. The Balaban J connectivity index is 1.51. The van der Waals surface area contributed by atoms with Gasteiger partial charge in [0.1, 0.15) is 11.9 Å². The van der Waals surface area contributed by atoms with Crippen molar-refractivity contribution in [2.24, 2.45) is 11.8 Å². The van der Waals surface area contributed by atoms with Crippen LogP contribution in [0.25, 0.3) is 0 Å². The van der Waals surface area contributed by atoms with Crippen molar-refractivity contribution >= 4 is 0 Å². The minimum absolute atomic E-state index is 0.0835. The van der Waals surface area contributed by atoms with Crippen LogP contribution in [0.4, 0.5) is 17.6 Å². The van der Waals surface area contributed by atoms with Crippen LogP contribution in [0.2, 0.25) is 0 Å². The van der Waals surface area contributed by atoms with Crippen molar-refractivity contribution in [2.75, 3.05) is 26.2 Å². The number of piperidine rings is 3. The standard InChI is InChI=1S/C25H28F4N2/c26-21-7-5-19(6-8-21)24-22-4-2-1-3-18(22)11-14-31(24)23(25(27,28)29)15-20-16-30-12-9-17(20)10-13-30/h1-8,17,20,23-24H,9-16H2. The Morgan fingerprint density at radius 2 is 1.65 bits per heavy atom. The Morgan fingerprint density at radius 3 is 2.29 bits per heavy atom. The lowest BCUT2D eigenvalue weighted by molar-refractivity contribution is -0.197. The zero-order valence-corrected chi connectivity index (χ0v) is 17.5. The molecule has 2 nitrogen and oxygen atoms in total. The molecule has 2 aromatic rings. The highest BCUT2D eigenvalue weighted by Gasteiger charge is 2.50. The number of hydrogen-bond donors (Lipinski definition) is 0. The van der Waals surface area contributed by atoms with Gasteiger partial charge in [0.15, 0.2) is 0 Å². The smallest absolute Gasteiger partial charge is 0.303 e. The molecule has 4 aliphatic heterocycles. The van der Waals surface area contributed by atoms with E-state index in [1.54, 1.807) is 17.0 Å². The van der Waals surface area contributed by atoms with E-state index in [-0.39, 0.29) is 18.2 Å². The molecule has 0 N–H and O–H groups in total. The minimum atomic E-state index is -4.31. The van der Waals surface area contributed by atoms with Crippen molar-refractivity contribution in [1.82, 2.24) is 9.80 Å². The SMILES string of the molecule is Fc1ccc(C2c3ccccc3CCN2C(CC2CN3CCC2CC3)C(F)(F)F)cc1. The van der Waals surface area contributed by atoms with Gasteiger partial charge in [-0.25, -0.2) is 4.39 Å². The lowest BCUT2D eigenvalue weighted by Gasteiger charge is -2.49. The first-order valence-corrected chi connectivity index (χ1v) is 11.3. The highest BCUT2D eigenvalue weighted by atomic mass is 19.4. The zero-order chi connectivity index (χ0) is 21.6. The van der Waals surface area contributed by atoms with Gasteiger partial charge in [0, 0.05) is 13.1 Å². The highest BCUT2D eigenvalue weighted by Crippen LogP contribution is 2.44. The molecule has 0 aromatic heterocycles. The number of nitrogens with zero attached hydrogens (tertiary/aromatic N) is 2. The van der Waals surface area contributed by atoms with E-state index in [0.717, 1.165) is 49.2 Å². The van der Waals surface area contributed by atoms with Gasteiger partial charge in [0.05, 0.1) is 6.04 Å². The number of halogens is 4. The van der Waals surface area contributed by atoms with Gasteiger partial charge in [0.2, 0.25) is 0 Å². The van der Waals surface area contributed by atoms with Crippen LogP contribution in [0.5, 0.6) is 0 Å². The Morgan fingerprint density at radius 1 is 0.935 bits per heavy atom. The monoisotopic (exact) mass is 432 g/mol. The summed E-state index contributed by atoms with van der Waals surface area (Å²) >= 11 is 0. The molecule has 3 fully saturated rings. The summed E-state index contributed by atoms with van der Waals surface area (Å²) in [7, 11) is 0. The van der Waals surface area contributed by atoms with Crippen molar-refractivity contribution in [1.29, 1.82) is 0 Å². The molecule has 0 spiro atoms. The van der Waals surface area contributed by atoms with Gasteiger partial charge in [-0.05, 0) is 79.4 Å². The summed E-state index contributed by atoms with van der Waals surface area (Å²) in [5.74, 6) is 0.107. The Kier molecular flexibility index (Phi) is 5.55. The summed E-state index contributed by atoms with van der Waals surface area (Å²) < 4.78 is 57.1. The second kappa shape index (κ2) is 8.21. The first-order chi connectivity index (χ1) is 14.9. The first-order valence-electron chi connectivity index (χ1n) is 11.3. The fraction of sp³-hybridized carbons (Fsp3) is 0.520. The molecule has 0 radical (unpaired) electrons. The quantitative estimate of drug-likeness (QED) is 0.594. The summed E-state index contributed by atoms with van der Waals surface area (Å²) in [6, 6.07) is 11.7. The van der Waals surface area contributed by atoms with Gasteiger partial charge in [0.25, 0.3) is 0 Å². The molecule has 3 saturated heterocycles. The molecule has 0 aliphatic carbocycles. The Labute approximate surface area is 180 Å². The molecule has 3 atom stereocenters. The lowest BCUT2D eigenvalue weighted by Crippen LogP contribution is -2.54. The summed E-state index contributed by atoms with van der Waals surface area (Å²) in [5.41, 5.74) is 2.71. The topological polar surface area (TPSA) is 6.48 Å². The van der Waals surface area contributed by atoms with Crippen molar-refractivity contribution in [3.63, 3.8) is 0 Å². The van der Waals surface area contributed by atoms with E-state index in [2.05, 4.69) is 4.90 Å². The maximum Gasteiger partial charge on any atom is 0.404 e. The predicted octanol–water partition coefficient (Wildman–Crippen LogP) is 5.44. The summed E-state index contributed by atoms with van der Waals surface area (Å²) in [5, 5.41) is 0. The number of hydrogen-bond acceptors (Lipinski definition) is 2. The zero-order valence-electron chi connectivity index (χ0n) is 17.5. The molecule has 31 heavy (non-hydrogen) atoms. The van der Waals surface area contributed by atoms with Crippen molar-refractivity contribution in [2.45, 2.75) is 43.9 Å². The molecular formula is C25H28F4N2. The molecular weight excluding hydrogens is 404 g/mol. The molecule has 166 valence electrons. The van der Waals surface area contributed by atoms with Gasteiger partial charge < -0.3 is 4.90 Å². The maximum absolute atomic E-state index is 14.5. The van der Waals surface area contributed by atoms with Crippen LogP contribution in [0.3, 0.4) is 0 Å². The first kappa shape index (κ1) is 21.0. The van der Waals surface area contributed by atoms with Crippen LogP contribution in [0.15, 0.2) is 48.5 Å². The summed E-state index contributed by atoms with van der Waals surface area (Å²) in [6.45, 7) is 3.17. The van der Waals surface area contributed by atoms with Crippen LogP contribution >= 0.6 is 0 Å². The van der Waals surface area contributed by atoms with E-state index >= 15 is 0 Å². The van der Waals surface area contributed by atoms with E-state index in [1.165, 1.54) is 12.1 Å². The van der Waals surface area contributed by atoms with Crippen LogP contribution in [0.1, 0.15) is 42.0 Å². The fourth-order valence-corrected chi connectivity index (χ4v) is 6.04. The van der Waals surface area contributed by atoms with Crippen LogP contribution in [-0.4, -0.2) is 48.2 Å². The van der Waals surface area contributed by atoms with Crippen LogP contribution in [-0.2, 0) is 6.42 Å². The van der Waals surface area contributed by atoms with Gasteiger partial charge in [-0.3, -0.25) is 4.90 Å². The van der Waals surface area contributed by atoms with E-state index in [4.69, 9.17) is 0 Å². The Bertz CT molecular complexity index is 902. The highest BCUT2D eigenvalue weighted by molar-refractivity contribution is 5.40. The van der Waals surface area contributed by atoms with E-state index in [0.29, 0.717) is 18.9 Å². The second-order valence-corrected chi connectivity index (χ2v) is 9.33. The second-order valence-electron chi connectivity index (χ2n) is 9.33. The van der Waals surface area contributed by atoms with Gasteiger partial charge >= 0.3 is 6.18 Å². The van der Waals surface area contributed by atoms with E-state index in [1.807, 2.05) is 24.3 Å². The molecule has 6 heteroatoms. The van der Waals surface area contributed by atoms with Gasteiger partial charge in [-0.1, -0.05) is 36.4 Å². The van der Waals surface area contributed by atoms with Crippen molar-refractivity contribution in [3.8, 4) is 0 Å². The van der Waals surface area contributed by atoms with E-state index in [9.17, 15) is 17.6 Å². The lowest BCUT2D eigenvalue weighted by atomic mass is 9.75. The summed E-state index contributed by atoms with van der Waals surface area (Å²) in [4.78, 5) is 3.97. The largest absolute Gasteiger partial charge is 0.404 e. The molecule has 2 aromatic carbocycles. The average molecular weight is 433 g/mol. The molecule has 0 saturated carbocycles. The fourth-order valence-electron chi connectivity index (χ4n) is 6.04. The molecule has 3 unspecified atom stereocenters. The molecule has 0 amide bonds. The molecule has 4 aliphatic rings. The normalized spacial score (nSPS) is 29.5. The van der Waals surface area contributed by atoms with Crippen molar-refractivity contribution < 1.29 is 17.6 Å². The predicted molar refractivity (Wildman–Crippen MR) is 112 cm³/mol. The number of rotatable bonds is 4. The van der Waals surface area contributed by atoms with Gasteiger partial charge in [-0.15, -0.1) is 0 Å². The number of benzene rings is 2. The third kappa shape index (κ3) is 4.12. The van der Waals surface area contributed by atoms with Gasteiger partial charge in [-0.2, -0.15) is 13.2 Å². The van der Waals surface area contributed by atoms with E-state index < -0.39 is 18.3 Å².